The van der Waals surface area contributed by atoms with Gasteiger partial charge in [0.25, 0.3) is 22.7 Å². The first-order valence-electron chi connectivity index (χ1n) is 38.4. The number of hydrogen-bond acceptors (Lipinski definition) is 24. The maximum atomic E-state index is 12.3. The fourth-order valence-electron chi connectivity index (χ4n) is 14.4. The minimum Gasteiger partial charge on any atom is -0.481 e. The van der Waals surface area contributed by atoms with E-state index in [1.807, 2.05) is 48.5 Å². The monoisotopic (exact) mass is 1750 g/mol. The van der Waals surface area contributed by atoms with Crippen molar-refractivity contribution in [2.45, 2.75) is 171 Å². The van der Waals surface area contributed by atoms with Crippen molar-refractivity contribution in [1.82, 2.24) is 0 Å². The number of fused-ring (bicyclic) bond motifs is 16. The lowest BCUT2D eigenvalue weighted by atomic mass is 9.79. The lowest BCUT2D eigenvalue weighted by Gasteiger charge is -2.29. The molecular formula is C90H100N4O32. The lowest BCUT2D eigenvalue weighted by molar-refractivity contribution is -0.385. The van der Waals surface area contributed by atoms with Crippen LogP contribution in [0.5, 0.6) is 46.0 Å². The number of benzene rings is 8. The maximum absolute atomic E-state index is 12.3. The molecule has 0 heterocycles. The smallest absolute Gasteiger partial charge is 0.341 e. The third-order valence-electron chi connectivity index (χ3n) is 20.0. The summed E-state index contributed by atoms with van der Waals surface area (Å²) < 4.78 is 47.6. The molecule has 0 fully saturated rings. The fraction of sp³-hybridized carbons (Fsp3) is 0.378. The molecule has 8 N–H and O–H groups in total. The van der Waals surface area contributed by atoms with Crippen LogP contribution in [0.25, 0.3) is 0 Å². The van der Waals surface area contributed by atoms with Crippen LogP contribution in [-0.4, -0.2) is 161 Å². The summed E-state index contributed by atoms with van der Waals surface area (Å²) in [6, 6.07) is 23.3. The summed E-state index contributed by atoms with van der Waals surface area (Å²) in [4.78, 5) is 142. The van der Waals surface area contributed by atoms with E-state index in [1.54, 1.807) is 0 Å². The number of non-ortho nitro benzene ring substituents is 4. The second-order valence-corrected chi connectivity index (χ2v) is 33.8. The van der Waals surface area contributed by atoms with Crippen LogP contribution in [0.1, 0.15) is 209 Å². The normalized spacial score (nSPS) is 12.3. The molecule has 2 aliphatic carbocycles. The minimum atomic E-state index is -1.53. The van der Waals surface area contributed by atoms with Gasteiger partial charge in [0.15, 0.2) is 52.9 Å². The van der Waals surface area contributed by atoms with Crippen molar-refractivity contribution in [2.75, 3.05) is 52.9 Å². The number of aliphatic carboxylic acids is 8. The van der Waals surface area contributed by atoms with Gasteiger partial charge >= 0.3 is 47.8 Å². The van der Waals surface area contributed by atoms with E-state index in [0.717, 1.165) is 70.8 Å². The number of hydrogen-bond donors (Lipinski definition) is 8. The molecule has 10 rings (SSSR count). The second-order valence-electron chi connectivity index (χ2n) is 33.8. The molecule has 0 saturated carbocycles. The molecule has 0 atom stereocenters. The van der Waals surface area contributed by atoms with Crippen LogP contribution in [0, 0.1) is 40.5 Å². The molecule has 672 valence electrons. The highest BCUT2D eigenvalue weighted by molar-refractivity contribution is 5.75. The average Bonchev–Trinajstić information content (AvgIpc) is 0.759. The van der Waals surface area contributed by atoms with Gasteiger partial charge in [-0.25, -0.2) is 38.4 Å². The highest BCUT2D eigenvalue weighted by Crippen LogP contribution is 2.48. The highest BCUT2D eigenvalue weighted by atomic mass is 16.6. The van der Waals surface area contributed by atoms with Crippen molar-refractivity contribution in [1.29, 1.82) is 0 Å². The Morgan fingerprint density at radius 3 is 0.405 bits per heavy atom. The molecule has 0 saturated heterocycles. The minimum absolute atomic E-state index is 0. The zero-order valence-electron chi connectivity index (χ0n) is 69.7. The molecule has 36 nitrogen and oxygen atoms in total. The Kier molecular flexibility index (Phi) is 31.5. The van der Waals surface area contributed by atoms with E-state index in [4.69, 9.17) is 37.9 Å². The number of carbonyl (C=O) groups is 8. The standard InChI is InChI=1S/C52H64O12.C36H28N4O20.2CH4/c1-49(2,3)37-17-29-13-31-19-38(50(4,5)6)21-33(46(31)62-26-42(55)56)15-35-23-40(52(10,11)12)24-36(48(35)64-28-44(59)60)16-34-22-39(51(7,8)9)20-32(47(34)63-27-43(57)58)14-30(18-37)45(29)61-25-41(53)54;41-29(42)13-57-33-17-1-18-6-26(38(51)52)8-20(34(18)58-14-30(43)44)3-22-10-28(40(55)56)12-24(36(22)60-16-32(47)48)4-23-11-27(39(53)54)9-21(35(23)59-15-31(45)46)2-19(33)7-25(5-17)37(49)50;;/h17-24H,13-16,25-28H2,1-12H3,(H,53,54)(H,55,56)(H,57,58)(H,59,60);5-12H,1-4,13-16H2,(H,41,42)(H,43,44)(H,45,46)(H,47,48);2*1H4. The molecule has 0 aromatic heterocycles. The van der Waals surface area contributed by atoms with E-state index in [-0.39, 0.29) is 108 Å². The van der Waals surface area contributed by atoms with Gasteiger partial charge < -0.3 is 78.7 Å². The number of nitro groups is 4. The summed E-state index contributed by atoms with van der Waals surface area (Å²) in [5.74, 6) is -11.1. The average molecular weight is 1750 g/mol. The lowest BCUT2D eigenvalue weighted by Crippen LogP contribution is -2.20. The number of rotatable bonds is 28. The van der Waals surface area contributed by atoms with E-state index < -0.39 is 190 Å². The topological polar surface area (TPSA) is 545 Å². The number of carboxylic acid groups (broad SMARTS) is 8. The number of nitrogens with zero attached hydrogens (tertiary/aromatic N) is 4. The zero-order valence-corrected chi connectivity index (χ0v) is 69.7. The summed E-state index contributed by atoms with van der Waals surface area (Å²) >= 11 is 0. The number of carboxylic acids is 8. The van der Waals surface area contributed by atoms with Gasteiger partial charge in [-0.05, 0) is 88.4 Å². The van der Waals surface area contributed by atoms with Gasteiger partial charge in [0.05, 0.1) is 19.7 Å². The Balaban J connectivity index is 0.000000341. The van der Waals surface area contributed by atoms with Crippen molar-refractivity contribution in [3.05, 3.63) is 249 Å². The Labute approximate surface area is 722 Å². The Hall–Kier alpha value is -14.5. The number of ether oxygens (including phenoxy) is 8. The van der Waals surface area contributed by atoms with E-state index in [0.29, 0.717) is 67.5 Å². The summed E-state index contributed by atoms with van der Waals surface area (Å²) in [7, 11) is 0. The first-order valence-corrected chi connectivity index (χ1v) is 38.4. The maximum Gasteiger partial charge on any atom is 0.341 e. The molecule has 0 aliphatic heterocycles. The van der Waals surface area contributed by atoms with Crippen LogP contribution in [0.2, 0.25) is 0 Å². The van der Waals surface area contributed by atoms with Crippen LogP contribution in [-0.2, 0) is 111 Å². The SMILES string of the molecule is C.C.CC(C)(C)c1cc2c(OCC(=O)O)c(c1)Cc1cc(C(C)(C)C)cc(c1OCC(=O)O)Cc1cc(C(C)(C)C)cc(c1OCC(=O)O)Cc1cc(C(C)(C)C)cc(c1OCC(=O)O)C2.O=C(O)COc1c2cc([N+](=O)[O-])cc1Cc1cc([N+](=O)[O-])cc(c1OCC(=O)O)Cc1cc([N+](=O)[O-])cc(c1OCC(=O)O)Cc1cc([N+](=O)[O-])cc(c1OCC(=O)O)C2. The molecular weight excluding hydrogens is 1650 g/mol. The van der Waals surface area contributed by atoms with Crippen molar-refractivity contribution in [2.24, 2.45) is 0 Å². The van der Waals surface area contributed by atoms with Gasteiger partial charge in [-0.15, -0.1) is 0 Å². The summed E-state index contributed by atoms with van der Waals surface area (Å²) in [6.07, 6.45) is -2.05. The van der Waals surface area contributed by atoms with Crippen LogP contribution in [0.3, 0.4) is 0 Å². The van der Waals surface area contributed by atoms with Crippen LogP contribution in [0.15, 0.2) is 97.1 Å². The van der Waals surface area contributed by atoms with Crippen molar-refractivity contribution in [3.8, 4) is 46.0 Å². The third-order valence-corrected chi connectivity index (χ3v) is 20.0. The summed E-state index contributed by atoms with van der Waals surface area (Å²) in [5.41, 5.74) is 2.61. The quantitative estimate of drug-likeness (QED) is 0.0167. The van der Waals surface area contributed by atoms with Crippen LogP contribution in [0.4, 0.5) is 22.7 Å². The van der Waals surface area contributed by atoms with E-state index in [1.165, 1.54) is 0 Å². The molecule has 0 spiro atoms. The molecule has 0 radical (unpaired) electrons. The summed E-state index contributed by atoms with van der Waals surface area (Å²) in [5, 5.41) is 127. The summed E-state index contributed by atoms with van der Waals surface area (Å²) in [6.45, 7) is 18.0. The predicted octanol–water partition coefficient (Wildman–Crippen LogP) is 14.5. The fourth-order valence-corrected chi connectivity index (χ4v) is 14.4. The van der Waals surface area contributed by atoms with Gasteiger partial charge in [-0.3, -0.25) is 40.5 Å². The highest BCUT2D eigenvalue weighted by Gasteiger charge is 2.35. The molecule has 126 heavy (non-hydrogen) atoms. The number of nitro benzene ring substituents is 4. The van der Waals surface area contributed by atoms with E-state index in [2.05, 4.69) is 83.1 Å². The van der Waals surface area contributed by atoms with Crippen LogP contribution < -0.4 is 37.9 Å². The van der Waals surface area contributed by atoms with Gasteiger partial charge in [0, 0.05) is 144 Å². The van der Waals surface area contributed by atoms with Crippen molar-refractivity contribution < 1.29 is 137 Å². The molecule has 2 aliphatic rings. The Morgan fingerprint density at radius 2 is 0.325 bits per heavy atom. The Bertz CT molecular complexity index is 4770. The van der Waals surface area contributed by atoms with Gasteiger partial charge in [-0.2, -0.15) is 0 Å². The Morgan fingerprint density at radius 1 is 0.230 bits per heavy atom. The largest absolute Gasteiger partial charge is 0.481 e. The second kappa shape index (κ2) is 40.2. The molecule has 16 bridgehead atoms. The molecule has 36 heteroatoms. The first-order chi connectivity index (χ1) is 57.8. The van der Waals surface area contributed by atoms with E-state index >= 15 is 0 Å². The van der Waals surface area contributed by atoms with Crippen molar-refractivity contribution in [3.63, 3.8) is 0 Å². The van der Waals surface area contributed by atoms with Crippen molar-refractivity contribution >= 4 is 70.5 Å². The molecule has 0 unspecified atom stereocenters. The van der Waals surface area contributed by atoms with Gasteiger partial charge in [0.1, 0.15) is 46.0 Å². The van der Waals surface area contributed by atoms with E-state index in [9.17, 15) is 120 Å². The zero-order chi connectivity index (χ0) is 91.7. The molecule has 8 aromatic rings. The molecule has 0 amide bonds. The van der Waals surface area contributed by atoms with Gasteiger partial charge in [0.2, 0.25) is 0 Å². The third kappa shape index (κ3) is 25.4. The van der Waals surface area contributed by atoms with Crippen LogP contribution >= 0.6 is 0 Å². The molecule has 8 aromatic carbocycles. The van der Waals surface area contributed by atoms with Gasteiger partial charge in [-0.1, -0.05) is 146 Å². The predicted molar refractivity (Wildman–Crippen MR) is 454 cm³/mol. The first kappa shape index (κ1) is 98.6.